The quantitative estimate of drug-likeness (QED) is 0.504. The minimum Gasteiger partial charge on any atom is -0.0956 e. The van der Waals surface area contributed by atoms with Crippen LogP contribution >= 0.6 is 0 Å². The van der Waals surface area contributed by atoms with Gasteiger partial charge in [-0.1, -0.05) is 64.0 Å². The molecule has 0 amide bonds. The summed E-state index contributed by atoms with van der Waals surface area (Å²) >= 11 is 0. The monoisotopic (exact) mass is 326 g/mol. The van der Waals surface area contributed by atoms with Crippen LogP contribution in [0.15, 0.2) is 35.5 Å². The lowest BCUT2D eigenvalue weighted by Gasteiger charge is -2.44. The Morgan fingerprint density at radius 1 is 1.21 bits per heavy atom. The SMILES string of the molecule is C=C1CCC(C)C/C1=C/C=C1\CCC[C@]2(C)[C@@H]([C@@H](C)CC)CC[C@@H]12. The molecule has 0 nitrogen and oxygen atoms in total. The van der Waals surface area contributed by atoms with Gasteiger partial charge in [0.1, 0.15) is 0 Å². The summed E-state index contributed by atoms with van der Waals surface area (Å²) in [5.74, 6) is 3.50. The summed E-state index contributed by atoms with van der Waals surface area (Å²) in [5.41, 5.74) is 5.25. The third kappa shape index (κ3) is 3.31. The Morgan fingerprint density at radius 2 is 2.00 bits per heavy atom. The molecule has 0 aromatic rings. The highest BCUT2D eigenvalue weighted by molar-refractivity contribution is 5.35. The smallest absolute Gasteiger partial charge is 0.0143 e. The zero-order valence-corrected chi connectivity index (χ0v) is 16.5. The largest absolute Gasteiger partial charge is 0.0956 e. The van der Waals surface area contributed by atoms with Crippen LogP contribution < -0.4 is 0 Å². The van der Waals surface area contributed by atoms with Crippen molar-refractivity contribution in [3.63, 3.8) is 0 Å². The van der Waals surface area contributed by atoms with Crippen LogP contribution in [-0.4, -0.2) is 0 Å². The Balaban J connectivity index is 1.81. The average Bonchev–Trinajstić information content (AvgIpc) is 2.92. The molecule has 5 atom stereocenters. The molecular weight excluding hydrogens is 288 g/mol. The van der Waals surface area contributed by atoms with Crippen molar-refractivity contribution in [1.82, 2.24) is 0 Å². The zero-order valence-electron chi connectivity index (χ0n) is 16.5. The third-order valence-corrected chi connectivity index (χ3v) is 7.83. The summed E-state index contributed by atoms with van der Waals surface area (Å²) in [4.78, 5) is 0. The average molecular weight is 327 g/mol. The standard InChI is InChI=1S/C24H38/c1-6-18(3)22-13-14-23-20(8-7-15-24(22,23)5)11-12-21-16-17(2)9-10-19(21)4/h11-12,17-18,22-23H,4,6-10,13-16H2,1-3,5H3/b20-11+,21-12-/t17?,18-,22+,23-,24+/m0/s1. The minimum atomic E-state index is 0.564. The molecule has 0 bridgehead atoms. The fraction of sp³-hybridized carbons (Fsp3) is 0.750. The first-order valence-corrected chi connectivity index (χ1v) is 10.5. The maximum absolute atomic E-state index is 4.32. The summed E-state index contributed by atoms with van der Waals surface area (Å²) in [6, 6.07) is 0. The van der Waals surface area contributed by atoms with Crippen LogP contribution in [0.5, 0.6) is 0 Å². The molecule has 0 heteroatoms. The molecule has 0 heterocycles. The van der Waals surface area contributed by atoms with E-state index in [1.54, 1.807) is 5.57 Å². The molecule has 0 N–H and O–H groups in total. The fourth-order valence-electron chi connectivity index (χ4n) is 6.10. The molecule has 3 fully saturated rings. The number of fused-ring (bicyclic) bond motifs is 1. The molecule has 0 aromatic carbocycles. The molecule has 3 saturated carbocycles. The first-order valence-electron chi connectivity index (χ1n) is 10.5. The Hall–Kier alpha value is -0.780. The predicted molar refractivity (Wildman–Crippen MR) is 106 cm³/mol. The van der Waals surface area contributed by atoms with Gasteiger partial charge in [0.25, 0.3) is 0 Å². The van der Waals surface area contributed by atoms with Gasteiger partial charge in [-0.3, -0.25) is 0 Å². The van der Waals surface area contributed by atoms with Crippen molar-refractivity contribution < 1.29 is 0 Å². The molecule has 3 aliphatic carbocycles. The van der Waals surface area contributed by atoms with Gasteiger partial charge >= 0.3 is 0 Å². The first-order chi connectivity index (χ1) is 11.5. The van der Waals surface area contributed by atoms with E-state index in [0.717, 1.165) is 23.7 Å². The van der Waals surface area contributed by atoms with Gasteiger partial charge in [0.15, 0.2) is 0 Å². The van der Waals surface area contributed by atoms with Crippen molar-refractivity contribution in [2.75, 3.05) is 0 Å². The zero-order chi connectivity index (χ0) is 17.3. The maximum atomic E-state index is 4.32. The summed E-state index contributed by atoms with van der Waals surface area (Å²) in [6.45, 7) is 14.2. The van der Waals surface area contributed by atoms with Crippen LogP contribution in [0, 0.1) is 29.1 Å². The van der Waals surface area contributed by atoms with E-state index in [2.05, 4.69) is 46.4 Å². The van der Waals surface area contributed by atoms with Crippen LogP contribution in [0.2, 0.25) is 0 Å². The van der Waals surface area contributed by atoms with Gasteiger partial charge in [-0.25, -0.2) is 0 Å². The van der Waals surface area contributed by atoms with E-state index >= 15 is 0 Å². The highest BCUT2D eigenvalue weighted by Crippen LogP contribution is 2.59. The predicted octanol–water partition coefficient (Wildman–Crippen LogP) is 7.48. The van der Waals surface area contributed by atoms with Crippen LogP contribution in [0.4, 0.5) is 0 Å². The second-order valence-electron chi connectivity index (χ2n) is 9.37. The van der Waals surface area contributed by atoms with Crippen molar-refractivity contribution in [3.8, 4) is 0 Å². The van der Waals surface area contributed by atoms with E-state index in [9.17, 15) is 0 Å². The molecule has 3 rings (SSSR count). The van der Waals surface area contributed by atoms with Crippen LogP contribution in [0.25, 0.3) is 0 Å². The molecule has 134 valence electrons. The molecule has 0 saturated heterocycles. The van der Waals surface area contributed by atoms with Crippen LogP contribution in [0.1, 0.15) is 85.5 Å². The Bertz CT molecular complexity index is 534. The summed E-state index contributed by atoms with van der Waals surface area (Å²) in [6.07, 6.45) is 17.1. The van der Waals surface area contributed by atoms with E-state index in [1.165, 1.54) is 68.9 Å². The molecule has 3 aliphatic rings. The first kappa shape index (κ1) is 18.0. The van der Waals surface area contributed by atoms with E-state index < -0.39 is 0 Å². The minimum absolute atomic E-state index is 0.564. The van der Waals surface area contributed by atoms with Gasteiger partial charge < -0.3 is 0 Å². The highest BCUT2D eigenvalue weighted by Gasteiger charge is 2.50. The Kier molecular flexibility index (Phi) is 5.42. The Morgan fingerprint density at radius 3 is 2.75 bits per heavy atom. The lowest BCUT2D eigenvalue weighted by Crippen LogP contribution is -2.35. The molecule has 1 unspecified atom stereocenters. The summed E-state index contributed by atoms with van der Waals surface area (Å²) in [5, 5.41) is 0. The topological polar surface area (TPSA) is 0 Å². The van der Waals surface area contributed by atoms with Crippen LogP contribution in [0.3, 0.4) is 0 Å². The molecule has 0 aliphatic heterocycles. The third-order valence-electron chi connectivity index (χ3n) is 7.83. The highest BCUT2D eigenvalue weighted by atomic mass is 14.5. The Labute approximate surface area is 150 Å². The van der Waals surface area contributed by atoms with Crippen LogP contribution in [-0.2, 0) is 0 Å². The molecule has 0 aromatic heterocycles. The number of rotatable bonds is 3. The van der Waals surface area contributed by atoms with Crippen molar-refractivity contribution in [2.45, 2.75) is 85.5 Å². The molecular formula is C24H38. The van der Waals surface area contributed by atoms with Crippen molar-refractivity contribution in [1.29, 1.82) is 0 Å². The van der Waals surface area contributed by atoms with Gasteiger partial charge in [0.2, 0.25) is 0 Å². The van der Waals surface area contributed by atoms with Crippen molar-refractivity contribution in [2.24, 2.45) is 29.1 Å². The normalized spacial score (nSPS) is 41.7. The van der Waals surface area contributed by atoms with Gasteiger partial charge in [-0.2, -0.15) is 0 Å². The second-order valence-corrected chi connectivity index (χ2v) is 9.37. The number of hydrogen-bond acceptors (Lipinski definition) is 0. The summed E-state index contributed by atoms with van der Waals surface area (Å²) in [7, 11) is 0. The van der Waals surface area contributed by atoms with E-state index in [-0.39, 0.29) is 0 Å². The lowest BCUT2D eigenvalue weighted by atomic mass is 9.61. The van der Waals surface area contributed by atoms with E-state index in [1.807, 2.05) is 0 Å². The number of hydrogen-bond donors (Lipinski definition) is 0. The van der Waals surface area contributed by atoms with Crippen molar-refractivity contribution >= 4 is 0 Å². The second kappa shape index (κ2) is 7.22. The van der Waals surface area contributed by atoms with Gasteiger partial charge in [0, 0.05) is 0 Å². The van der Waals surface area contributed by atoms with Crippen molar-refractivity contribution in [3.05, 3.63) is 35.5 Å². The molecule has 0 radical (unpaired) electrons. The van der Waals surface area contributed by atoms with E-state index in [4.69, 9.17) is 0 Å². The maximum Gasteiger partial charge on any atom is -0.0143 e. The lowest BCUT2D eigenvalue weighted by molar-refractivity contribution is 0.0961. The molecule has 0 spiro atoms. The van der Waals surface area contributed by atoms with Gasteiger partial charge in [0.05, 0.1) is 0 Å². The van der Waals surface area contributed by atoms with Gasteiger partial charge in [-0.15, -0.1) is 0 Å². The number of allylic oxidation sites excluding steroid dienone is 5. The fourth-order valence-corrected chi connectivity index (χ4v) is 6.10. The van der Waals surface area contributed by atoms with E-state index in [0.29, 0.717) is 5.41 Å². The van der Waals surface area contributed by atoms with Gasteiger partial charge in [-0.05, 0) is 86.0 Å². The summed E-state index contributed by atoms with van der Waals surface area (Å²) < 4.78 is 0. The molecule has 24 heavy (non-hydrogen) atoms.